The normalized spacial score (nSPS) is 12.1. The van der Waals surface area contributed by atoms with Gasteiger partial charge in [-0.15, -0.1) is 0 Å². The van der Waals surface area contributed by atoms with E-state index in [1.54, 1.807) is 35.3 Å². The SMILES string of the molecule is O=C(NCc1ccc(Cn2cncn2)cc1)c1cc(C(F)(F)F)cc(C(F)(F)F)c1. The molecule has 5 nitrogen and oxygen atoms in total. The number of halogens is 6. The Balaban J connectivity index is 1.71. The van der Waals surface area contributed by atoms with Gasteiger partial charge < -0.3 is 5.32 Å². The molecule has 0 fully saturated rings. The fraction of sp³-hybridized carbons (Fsp3) is 0.211. The predicted molar refractivity (Wildman–Crippen MR) is 93.2 cm³/mol. The summed E-state index contributed by atoms with van der Waals surface area (Å²) in [4.78, 5) is 16.0. The Kier molecular flexibility index (Phi) is 5.81. The van der Waals surface area contributed by atoms with Crippen LogP contribution in [0.3, 0.4) is 0 Å². The molecule has 2 aromatic carbocycles. The van der Waals surface area contributed by atoms with Crippen molar-refractivity contribution in [2.75, 3.05) is 0 Å². The quantitative estimate of drug-likeness (QED) is 0.617. The third kappa shape index (κ3) is 5.37. The zero-order valence-corrected chi connectivity index (χ0v) is 15.1. The Labute approximate surface area is 166 Å². The van der Waals surface area contributed by atoms with E-state index in [0.29, 0.717) is 24.2 Å². The summed E-state index contributed by atoms with van der Waals surface area (Å²) in [6.45, 7) is 0.400. The molecule has 3 rings (SSSR count). The van der Waals surface area contributed by atoms with E-state index in [4.69, 9.17) is 0 Å². The zero-order chi connectivity index (χ0) is 21.9. The van der Waals surface area contributed by atoms with Crippen molar-refractivity contribution >= 4 is 5.91 Å². The van der Waals surface area contributed by atoms with Gasteiger partial charge in [-0.25, -0.2) is 9.67 Å². The molecular formula is C19H14F6N4O. The first-order chi connectivity index (χ1) is 14.0. The molecule has 1 N–H and O–H groups in total. The smallest absolute Gasteiger partial charge is 0.348 e. The molecule has 0 atom stereocenters. The van der Waals surface area contributed by atoms with Crippen LogP contribution in [-0.4, -0.2) is 20.7 Å². The molecule has 158 valence electrons. The first kappa shape index (κ1) is 21.3. The van der Waals surface area contributed by atoms with Crippen LogP contribution in [0.25, 0.3) is 0 Å². The summed E-state index contributed by atoms with van der Waals surface area (Å²) >= 11 is 0. The van der Waals surface area contributed by atoms with E-state index in [0.717, 1.165) is 5.56 Å². The number of hydrogen-bond donors (Lipinski definition) is 1. The molecule has 0 radical (unpaired) electrons. The standard InChI is InChI=1S/C19H14F6N4O/c20-18(21,22)15-5-14(6-16(7-15)19(23,24)25)17(30)27-8-12-1-3-13(4-2-12)9-29-11-26-10-28-29/h1-7,10-11H,8-9H2,(H,27,30). The molecule has 0 spiro atoms. The summed E-state index contributed by atoms with van der Waals surface area (Å²) in [5.41, 5.74) is -2.29. The molecular weight excluding hydrogens is 414 g/mol. The molecule has 0 unspecified atom stereocenters. The van der Waals surface area contributed by atoms with E-state index in [-0.39, 0.29) is 12.6 Å². The van der Waals surface area contributed by atoms with Gasteiger partial charge in [-0.05, 0) is 29.3 Å². The molecule has 0 saturated heterocycles. The molecule has 3 aromatic rings. The highest BCUT2D eigenvalue weighted by atomic mass is 19.4. The van der Waals surface area contributed by atoms with E-state index < -0.39 is 35.0 Å². The van der Waals surface area contributed by atoms with Crippen molar-refractivity contribution in [1.29, 1.82) is 0 Å². The molecule has 11 heteroatoms. The maximum absolute atomic E-state index is 12.9. The minimum Gasteiger partial charge on any atom is -0.348 e. The zero-order valence-electron chi connectivity index (χ0n) is 15.1. The highest BCUT2D eigenvalue weighted by Gasteiger charge is 2.37. The summed E-state index contributed by atoms with van der Waals surface area (Å²) in [7, 11) is 0. The van der Waals surface area contributed by atoms with Gasteiger partial charge in [0.15, 0.2) is 0 Å². The number of nitrogens with zero attached hydrogens (tertiary/aromatic N) is 3. The first-order valence-corrected chi connectivity index (χ1v) is 8.50. The van der Waals surface area contributed by atoms with Crippen LogP contribution in [-0.2, 0) is 25.4 Å². The number of carbonyl (C=O) groups excluding carboxylic acids is 1. The lowest BCUT2D eigenvalue weighted by Crippen LogP contribution is -2.24. The number of carbonyl (C=O) groups is 1. The molecule has 1 heterocycles. The molecule has 1 amide bonds. The molecule has 30 heavy (non-hydrogen) atoms. The van der Waals surface area contributed by atoms with Crippen molar-refractivity contribution in [3.63, 3.8) is 0 Å². The Hall–Kier alpha value is -3.37. The van der Waals surface area contributed by atoms with E-state index in [2.05, 4.69) is 15.4 Å². The Morgan fingerprint density at radius 2 is 1.47 bits per heavy atom. The fourth-order valence-electron chi connectivity index (χ4n) is 2.63. The number of nitrogens with one attached hydrogen (secondary N) is 1. The Bertz CT molecular complexity index is 979. The lowest BCUT2D eigenvalue weighted by atomic mass is 10.0. The second kappa shape index (κ2) is 8.17. The van der Waals surface area contributed by atoms with E-state index in [1.807, 2.05) is 0 Å². The van der Waals surface area contributed by atoms with Crippen molar-refractivity contribution in [1.82, 2.24) is 20.1 Å². The largest absolute Gasteiger partial charge is 0.416 e. The number of alkyl halides is 6. The molecule has 1 aromatic heterocycles. The van der Waals surface area contributed by atoms with Gasteiger partial charge in [0.25, 0.3) is 5.91 Å². The van der Waals surface area contributed by atoms with Crippen LogP contribution in [0.1, 0.15) is 32.6 Å². The number of benzene rings is 2. The van der Waals surface area contributed by atoms with E-state index in [1.165, 1.54) is 6.33 Å². The lowest BCUT2D eigenvalue weighted by molar-refractivity contribution is -0.143. The molecule has 0 aliphatic carbocycles. The van der Waals surface area contributed by atoms with Crippen LogP contribution >= 0.6 is 0 Å². The summed E-state index contributed by atoms with van der Waals surface area (Å²) in [6, 6.07) is 7.65. The highest BCUT2D eigenvalue weighted by molar-refractivity contribution is 5.94. The second-order valence-electron chi connectivity index (χ2n) is 6.39. The molecule has 0 aliphatic rings. The van der Waals surface area contributed by atoms with Crippen LogP contribution in [0.4, 0.5) is 26.3 Å². The predicted octanol–water partition coefficient (Wildman–Crippen LogP) is 4.29. The third-order valence-corrected chi connectivity index (χ3v) is 4.14. The Morgan fingerprint density at radius 3 is 1.97 bits per heavy atom. The van der Waals surface area contributed by atoms with Crippen LogP contribution < -0.4 is 5.32 Å². The van der Waals surface area contributed by atoms with Gasteiger partial charge in [-0.3, -0.25) is 4.79 Å². The van der Waals surface area contributed by atoms with Gasteiger partial charge in [0.05, 0.1) is 17.7 Å². The summed E-state index contributed by atoms with van der Waals surface area (Å²) in [5.74, 6) is -1.04. The summed E-state index contributed by atoms with van der Waals surface area (Å²) < 4.78 is 79.1. The Morgan fingerprint density at radius 1 is 0.900 bits per heavy atom. The monoisotopic (exact) mass is 428 g/mol. The topological polar surface area (TPSA) is 59.8 Å². The van der Waals surface area contributed by atoms with Gasteiger partial charge in [0.2, 0.25) is 0 Å². The first-order valence-electron chi connectivity index (χ1n) is 8.50. The molecule has 0 saturated carbocycles. The van der Waals surface area contributed by atoms with Gasteiger partial charge in [-0.1, -0.05) is 24.3 Å². The number of rotatable bonds is 5. The average molecular weight is 428 g/mol. The summed E-state index contributed by atoms with van der Waals surface area (Å²) in [5, 5.41) is 6.30. The number of aromatic nitrogens is 3. The van der Waals surface area contributed by atoms with Gasteiger partial charge >= 0.3 is 12.4 Å². The maximum atomic E-state index is 12.9. The number of amides is 1. The van der Waals surface area contributed by atoms with Crippen LogP contribution in [0, 0.1) is 0 Å². The van der Waals surface area contributed by atoms with Crippen molar-refractivity contribution in [3.05, 3.63) is 82.9 Å². The van der Waals surface area contributed by atoms with Crippen molar-refractivity contribution in [2.24, 2.45) is 0 Å². The van der Waals surface area contributed by atoms with Crippen LogP contribution in [0.15, 0.2) is 55.1 Å². The van der Waals surface area contributed by atoms with Crippen LogP contribution in [0.2, 0.25) is 0 Å². The van der Waals surface area contributed by atoms with Gasteiger partial charge in [0.1, 0.15) is 12.7 Å². The second-order valence-corrected chi connectivity index (χ2v) is 6.39. The lowest BCUT2D eigenvalue weighted by Gasteiger charge is -2.14. The van der Waals surface area contributed by atoms with E-state index >= 15 is 0 Å². The fourth-order valence-corrected chi connectivity index (χ4v) is 2.63. The van der Waals surface area contributed by atoms with Crippen molar-refractivity contribution in [2.45, 2.75) is 25.4 Å². The van der Waals surface area contributed by atoms with Crippen molar-refractivity contribution < 1.29 is 31.1 Å². The molecule has 0 aliphatic heterocycles. The van der Waals surface area contributed by atoms with E-state index in [9.17, 15) is 31.1 Å². The molecule has 0 bridgehead atoms. The van der Waals surface area contributed by atoms with Crippen molar-refractivity contribution in [3.8, 4) is 0 Å². The maximum Gasteiger partial charge on any atom is 0.416 e. The third-order valence-electron chi connectivity index (χ3n) is 4.14. The highest BCUT2D eigenvalue weighted by Crippen LogP contribution is 2.36. The van der Waals surface area contributed by atoms with Gasteiger partial charge in [-0.2, -0.15) is 31.4 Å². The average Bonchev–Trinajstić information content (AvgIpc) is 3.18. The number of hydrogen-bond acceptors (Lipinski definition) is 3. The summed E-state index contributed by atoms with van der Waals surface area (Å²) in [6.07, 6.45) is -7.10. The minimum absolute atomic E-state index is 0.0232. The van der Waals surface area contributed by atoms with Gasteiger partial charge in [0, 0.05) is 12.1 Å². The minimum atomic E-state index is -5.02. The van der Waals surface area contributed by atoms with Crippen LogP contribution in [0.5, 0.6) is 0 Å².